The summed E-state index contributed by atoms with van der Waals surface area (Å²) < 4.78 is 13.8. The van der Waals surface area contributed by atoms with Gasteiger partial charge >= 0.3 is 0 Å². The van der Waals surface area contributed by atoms with E-state index in [1.54, 1.807) is 18.2 Å². The normalized spacial score (nSPS) is 17.8. The molecule has 1 aliphatic rings. The van der Waals surface area contributed by atoms with Gasteiger partial charge < -0.3 is 20.6 Å². The Kier molecular flexibility index (Phi) is 8.98. The summed E-state index contributed by atoms with van der Waals surface area (Å²) in [6.45, 7) is 4.70. The molecule has 0 bridgehead atoms. The van der Waals surface area contributed by atoms with Crippen molar-refractivity contribution in [1.82, 2.24) is 10.6 Å². The van der Waals surface area contributed by atoms with Crippen LogP contribution in [0.4, 0.5) is 10.1 Å². The van der Waals surface area contributed by atoms with E-state index in [9.17, 15) is 9.50 Å². The van der Waals surface area contributed by atoms with Crippen molar-refractivity contribution in [2.75, 3.05) is 31.1 Å². The highest BCUT2D eigenvalue weighted by Crippen LogP contribution is 2.20. The van der Waals surface area contributed by atoms with E-state index in [1.807, 2.05) is 25.1 Å². The lowest BCUT2D eigenvalue weighted by Crippen LogP contribution is -2.44. The molecular weight excluding hydrogens is 470 g/mol. The standard InChI is InChI=1S/C21H27FN4O.HI/c1-2-23-21(24-14-20(27)18-10-6-7-11-19(18)22)25-16-12-13-26(15-16)17-8-4-3-5-9-17;/h3-11,16,20,27H,2,12-15H2,1H3,(H2,23,24,25);1H. The van der Waals surface area contributed by atoms with Crippen LogP contribution < -0.4 is 15.5 Å². The highest BCUT2D eigenvalue weighted by Gasteiger charge is 2.23. The second-order valence-corrected chi connectivity index (χ2v) is 6.67. The van der Waals surface area contributed by atoms with E-state index >= 15 is 0 Å². The largest absolute Gasteiger partial charge is 0.386 e. The molecule has 5 nitrogen and oxygen atoms in total. The third-order valence-corrected chi connectivity index (χ3v) is 4.68. The maximum Gasteiger partial charge on any atom is 0.191 e. The molecule has 1 fully saturated rings. The summed E-state index contributed by atoms with van der Waals surface area (Å²) in [7, 11) is 0. The lowest BCUT2D eigenvalue weighted by atomic mass is 10.1. The van der Waals surface area contributed by atoms with Crippen molar-refractivity contribution in [3.8, 4) is 0 Å². The molecule has 3 rings (SSSR count). The predicted molar refractivity (Wildman–Crippen MR) is 123 cm³/mol. The van der Waals surface area contributed by atoms with Gasteiger partial charge in [-0.1, -0.05) is 36.4 Å². The summed E-state index contributed by atoms with van der Waals surface area (Å²) in [6, 6.07) is 16.9. The lowest BCUT2D eigenvalue weighted by molar-refractivity contribution is 0.182. The average Bonchev–Trinajstić information content (AvgIpc) is 3.16. The van der Waals surface area contributed by atoms with Gasteiger partial charge in [0.2, 0.25) is 0 Å². The van der Waals surface area contributed by atoms with E-state index < -0.39 is 11.9 Å². The molecular formula is C21H28FIN4O. The van der Waals surface area contributed by atoms with E-state index in [-0.39, 0.29) is 42.1 Å². The van der Waals surface area contributed by atoms with E-state index in [4.69, 9.17) is 0 Å². The number of nitrogens with one attached hydrogen (secondary N) is 2. The first-order chi connectivity index (χ1) is 13.2. The van der Waals surface area contributed by atoms with Crippen LogP contribution in [0.5, 0.6) is 0 Å². The Hall–Kier alpha value is -1.87. The fourth-order valence-electron chi connectivity index (χ4n) is 3.29. The van der Waals surface area contributed by atoms with Crippen LogP contribution in [0.1, 0.15) is 25.0 Å². The topological polar surface area (TPSA) is 59.9 Å². The Morgan fingerprint density at radius 2 is 1.93 bits per heavy atom. The number of rotatable bonds is 6. The second kappa shape index (κ2) is 11.2. The van der Waals surface area contributed by atoms with Crippen molar-refractivity contribution in [3.05, 3.63) is 66.0 Å². The van der Waals surface area contributed by atoms with Crippen molar-refractivity contribution in [3.63, 3.8) is 0 Å². The van der Waals surface area contributed by atoms with Crippen molar-refractivity contribution in [1.29, 1.82) is 0 Å². The smallest absolute Gasteiger partial charge is 0.191 e. The second-order valence-electron chi connectivity index (χ2n) is 6.67. The Bertz CT molecular complexity index is 759. The summed E-state index contributed by atoms with van der Waals surface area (Å²) >= 11 is 0. The van der Waals surface area contributed by atoms with Crippen molar-refractivity contribution in [2.45, 2.75) is 25.5 Å². The minimum atomic E-state index is -0.967. The number of halogens is 2. The van der Waals surface area contributed by atoms with E-state index in [2.05, 4.69) is 32.7 Å². The number of benzene rings is 2. The van der Waals surface area contributed by atoms with Crippen LogP contribution in [0, 0.1) is 5.82 Å². The van der Waals surface area contributed by atoms with Crippen LogP contribution in [0.2, 0.25) is 0 Å². The highest BCUT2D eigenvalue weighted by molar-refractivity contribution is 14.0. The molecule has 7 heteroatoms. The first-order valence-electron chi connectivity index (χ1n) is 9.44. The van der Waals surface area contributed by atoms with Crippen LogP contribution in [-0.4, -0.2) is 43.3 Å². The zero-order valence-electron chi connectivity index (χ0n) is 16.0. The quantitative estimate of drug-likeness (QED) is 0.325. The van der Waals surface area contributed by atoms with Crippen molar-refractivity contribution < 1.29 is 9.50 Å². The molecule has 1 heterocycles. The molecule has 3 N–H and O–H groups in total. The van der Waals surface area contributed by atoms with Gasteiger partial charge in [-0.25, -0.2) is 4.39 Å². The summed E-state index contributed by atoms with van der Waals surface area (Å²) in [6.07, 6.45) is 0.0425. The number of aliphatic hydroxyl groups is 1. The minimum absolute atomic E-state index is 0. The van der Waals surface area contributed by atoms with Gasteiger partial charge in [0.1, 0.15) is 11.9 Å². The first kappa shape index (κ1) is 22.4. The third-order valence-electron chi connectivity index (χ3n) is 4.68. The fraction of sp³-hybridized carbons (Fsp3) is 0.381. The SMILES string of the molecule is CCNC(=NCC(O)c1ccccc1F)NC1CCN(c2ccccc2)C1.I. The first-order valence-corrected chi connectivity index (χ1v) is 9.44. The predicted octanol–water partition coefficient (Wildman–Crippen LogP) is 3.31. The van der Waals surface area contributed by atoms with E-state index in [0.29, 0.717) is 5.96 Å². The van der Waals surface area contributed by atoms with Crippen LogP contribution in [0.3, 0.4) is 0 Å². The summed E-state index contributed by atoms with van der Waals surface area (Å²) in [5.41, 5.74) is 1.49. The van der Waals surface area contributed by atoms with Gasteiger partial charge in [0.15, 0.2) is 5.96 Å². The molecule has 0 amide bonds. The molecule has 2 atom stereocenters. The summed E-state index contributed by atoms with van der Waals surface area (Å²) in [4.78, 5) is 6.79. The third kappa shape index (κ3) is 6.07. The Labute approximate surface area is 183 Å². The van der Waals surface area contributed by atoms with Gasteiger partial charge in [0.25, 0.3) is 0 Å². The molecule has 152 valence electrons. The molecule has 0 aliphatic carbocycles. The summed E-state index contributed by atoms with van der Waals surface area (Å²) in [5, 5.41) is 16.9. The zero-order chi connectivity index (χ0) is 19.1. The molecule has 1 saturated heterocycles. The van der Waals surface area contributed by atoms with Gasteiger partial charge in [-0.2, -0.15) is 0 Å². The Balaban J connectivity index is 0.00000280. The number of hydrogen-bond acceptors (Lipinski definition) is 3. The van der Waals surface area contributed by atoms with Crippen LogP contribution >= 0.6 is 24.0 Å². The molecule has 0 spiro atoms. The number of anilines is 1. The van der Waals surface area contributed by atoms with Gasteiger partial charge in [-0.15, -0.1) is 24.0 Å². The lowest BCUT2D eigenvalue weighted by Gasteiger charge is -2.20. The van der Waals surface area contributed by atoms with Crippen LogP contribution in [0.25, 0.3) is 0 Å². The average molecular weight is 498 g/mol. The van der Waals surface area contributed by atoms with E-state index in [1.165, 1.54) is 11.8 Å². The maximum absolute atomic E-state index is 13.8. The minimum Gasteiger partial charge on any atom is -0.386 e. The van der Waals surface area contributed by atoms with E-state index in [0.717, 1.165) is 26.1 Å². The van der Waals surface area contributed by atoms with Crippen LogP contribution in [-0.2, 0) is 0 Å². The highest BCUT2D eigenvalue weighted by atomic mass is 127. The number of nitrogens with zero attached hydrogens (tertiary/aromatic N) is 2. The fourth-order valence-corrected chi connectivity index (χ4v) is 3.29. The summed E-state index contributed by atoms with van der Waals surface area (Å²) in [5.74, 6) is 0.236. The van der Waals surface area contributed by atoms with Gasteiger partial charge in [-0.05, 0) is 31.5 Å². The molecule has 0 radical (unpaired) electrons. The number of para-hydroxylation sites is 1. The number of aliphatic imine (C=N–C) groups is 1. The molecule has 2 unspecified atom stereocenters. The maximum atomic E-state index is 13.8. The molecule has 0 aromatic heterocycles. The van der Waals surface area contributed by atoms with Gasteiger partial charge in [0.05, 0.1) is 6.54 Å². The molecule has 1 aliphatic heterocycles. The molecule has 0 saturated carbocycles. The Morgan fingerprint density at radius 3 is 2.64 bits per heavy atom. The number of aliphatic hydroxyl groups excluding tert-OH is 1. The van der Waals surface area contributed by atoms with Crippen molar-refractivity contribution >= 4 is 35.6 Å². The number of guanidine groups is 1. The number of hydrogen-bond donors (Lipinski definition) is 3. The molecule has 28 heavy (non-hydrogen) atoms. The zero-order valence-corrected chi connectivity index (χ0v) is 18.3. The monoisotopic (exact) mass is 498 g/mol. The molecule has 2 aromatic carbocycles. The van der Waals surface area contributed by atoms with Gasteiger partial charge in [-0.3, -0.25) is 4.99 Å². The van der Waals surface area contributed by atoms with Crippen LogP contribution in [0.15, 0.2) is 59.6 Å². The van der Waals surface area contributed by atoms with Gasteiger partial charge in [0, 0.05) is 36.9 Å². The van der Waals surface area contributed by atoms with Crippen molar-refractivity contribution in [2.24, 2.45) is 4.99 Å². The molecule has 2 aromatic rings. The Morgan fingerprint density at radius 1 is 1.21 bits per heavy atom.